The van der Waals surface area contributed by atoms with Crippen LogP contribution in [0.1, 0.15) is 58.3 Å². The largest absolute Gasteiger partial charge is 0.472 e. The highest BCUT2D eigenvalue weighted by Crippen LogP contribution is 2.49. The van der Waals surface area contributed by atoms with Crippen molar-refractivity contribution in [1.82, 2.24) is 35.1 Å². The fourth-order valence-electron chi connectivity index (χ4n) is 7.55. The highest BCUT2D eigenvalue weighted by molar-refractivity contribution is 9.10. The van der Waals surface area contributed by atoms with E-state index in [4.69, 9.17) is 31.4 Å². The molecule has 2 aliphatic rings. The summed E-state index contributed by atoms with van der Waals surface area (Å²) in [6, 6.07) is 40.8. The number of hydrogen-bond acceptors (Lipinski definition) is 6. The van der Waals surface area contributed by atoms with Gasteiger partial charge in [0.1, 0.15) is 11.5 Å². The molecule has 274 valence electrons. The van der Waals surface area contributed by atoms with Gasteiger partial charge >= 0.3 is 0 Å². The minimum absolute atomic E-state index is 0.178. The standard InChI is InChI=1S/C44H37BrClN7O2/c1-3-4-24-37-48-41(46)40(43(54)47-2)52(37)27-35-32-25-26-55-28-36(32)39(45)38(35)33-22-14-15-23-34(33)42-49-51-53(50-42)44(29-16-8-5-9-17-29,30-18-10-6-11-19-30)31-20-12-7-13-21-31/h5-23,25-26,28H,3-4,24,27H2,1-2H3,(H,47,54). The molecule has 6 aromatic rings. The van der Waals surface area contributed by atoms with Crippen LogP contribution in [-0.4, -0.2) is 42.7 Å². The molecule has 11 heteroatoms. The van der Waals surface area contributed by atoms with E-state index in [0.717, 1.165) is 73.2 Å². The molecule has 3 heterocycles. The molecule has 1 aliphatic carbocycles. The van der Waals surface area contributed by atoms with Crippen molar-refractivity contribution in [3.63, 3.8) is 0 Å². The average Bonchev–Trinajstić information content (AvgIpc) is 3.93. The Bertz CT molecular complexity index is 2450. The van der Waals surface area contributed by atoms with Crippen molar-refractivity contribution in [3.05, 3.63) is 177 Å². The number of imidazole rings is 1. The predicted molar refractivity (Wildman–Crippen MR) is 218 cm³/mol. The first-order valence-corrected chi connectivity index (χ1v) is 19.3. The molecule has 0 spiro atoms. The summed E-state index contributed by atoms with van der Waals surface area (Å²) in [5.41, 5.74) is 7.76. The van der Waals surface area contributed by atoms with E-state index in [2.05, 4.69) is 75.6 Å². The number of carbonyl (C=O) groups excluding carboxylic acids is 1. The van der Waals surface area contributed by atoms with Crippen molar-refractivity contribution in [2.75, 3.05) is 7.05 Å². The van der Waals surface area contributed by atoms with Gasteiger partial charge in [-0.2, -0.15) is 0 Å². The van der Waals surface area contributed by atoms with Gasteiger partial charge in [0.25, 0.3) is 5.91 Å². The number of halogens is 2. The number of rotatable bonds is 12. The summed E-state index contributed by atoms with van der Waals surface area (Å²) in [7, 11) is 1.60. The molecular formula is C44H37BrClN7O2. The van der Waals surface area contributed by atoms with Crippen LogP contribution in [0.5, 0.6) is 0 Å². The molecule has 0 fully saturated rings. The second-order valence-electron chi connectivity index (χ2n) is 13.2. The van der Waals surface area contributed by atoms with Gasteiger partial charge in [-0.3, -0.25) is 4.79 Å². The Hall–Kier alpha value is -5.84. The highest BCUT2D eigenvalue weighted by atomic mass is 79.9. The number of benzene rings is 4. The summed E-state index contributed by atoms with van der Waals surface area (Å²) in [6.45, 7) is 2.46. The van der Waals surface area contributed by atoms with Crippen LogP contribution >= 0.6 is 27.5 Å². The topological polar surface area (TPSA) is 104 Å². The number of aromatic nitrogens is 6. The van der Waals surface area contributed by atoms with Gasteiger partial charge in [0.2, 0.25) is 5.82 Å². The van der Waals surface area contributed by atoms with E-state index >= 15 is 0 Å². The Morgan fingerprint density at radius 2 is 1.42 bits per heavy atom. The fourth-order valence-corrected chi connectivity index (χ4v) is 8.59. The number of amides is 1. The molecule has 1 aliphatic heterocycles. The molecule has 9 nitrogen and oxygen atoms in total. The maximum Gasteiger partial charge on any atom is 0.270 e. The number of aryl methyl sites for hydroxylation is 1. The normalized spacial score (nSPS) is 11.6. The van der Waals surface area contributed by atoms with E-state index in [1.807, 2.05) is 83.4 Å². The molecule has 55 heavy (non-hydrogen) atoms. The van der Waals surface area contributed by atoms with Crippen LogP contribution in [0.15, 0.2) is 143 Å². The Labute approximate surface area is 332 Å². The van der Waals surface area contributed by atoms with Crippen molar-refractivity contribution in [1.29, 1.82) is 0 Å². The molecule has 1 N–H and O–H groups in total. The van der Waals surface area contributed by atoms with Crippen LogP contribution in [0.4, 0.5) is 0 Å². The summed E-state index contributed by atoms with van der Waals surface area (Å²) in [5, 5.41) is 17.8. The Balaban J connectivity index is 1.33. The predicted octanol–water partition coefficient (Wildman–Crippen LogP) is 9.91. The Morgan fingerprint density at radius 1 is 0.818 bits per heavy atom. The van der Waals surface area contributed by atoms with Crippen LogP contribution in [0.3, 0.4) is 0 Å². The third-order valence-electron chi connectivity index (χ3n) is 10.1. The first kappa shape index (κ1) is 36.2. The van der Waals surface area contributed by atoms with Gasteiger partial charge in [0, 0.05) is 34.6 Å². The SMILES string of the molecule is CCCCc1nc(Cl)c(C(=O)NC)n1Cc1c2ccocc-2c(Br)c1-c1ccccc1-c1nnn(C(c2ccccc2)(c2ccccc2)c2ccccc2)n1. The minimum atomic E-state index is -0.932. The third kappa shape index (κ3) is 6.35. The maximum absolute atomic E-state index is 13.3. The maximum atomic E-state index is 13.3. The number of fused-ring (bicyclic) bond motifs is 1. The second kappa shape index (κ2) is 15.5. The molecule has 0 radical (unpaired) electrons. The van der Waals surface area contributed by atoms with Crippen molar-refractivity contribution in [2.45, 2.75) is 38.3 Å². The molecule has 0 unspecified atom stereocenters. The number of nitrogens with zero attached hydrogens (tertiary/aromatic N) is 6. The van der Waals surface area contributed by atoms with Gasteiger partial charge in [-0.25, -0.2) is 4.98 Å². The molecule has 0 saturated carbocycles. The Kier molecular flexibility index (Phi) is 10.2. The van der Waals surface area contributed by atoms with Gasteiger partial charge in [0.05, 0.1) is 19.1 Å². The lowest BCUT2D eigenvalue weighted by molar-refractivity contribution is 0.0954. The van der Waals surface area contributed by atoms with Gasteiger partial charge in [-0.15, -0.1) is 15.0 Å². The summed E-state index contributed by atoms with van der Waals surface area (Å²) < 4.78 is 8.48. The van der Waals surface area contributed by atoms with Crippen molar-refractivity contribution in [2.24, 2.45) is 0 Å². The monoisotopic (exact) mass is 809 g/mol. The van der Waals surface area contributed by atoms with Crippen LogP contribution in [0.2, 0.25) is 5.15 Å². The summed E-state index contributed by atoms with van der Waals surface area (Å²) in [4.78, 5) is 19.7. The van der Waals surface area contributed by atoms with E-state index < -0.39 is 5.54 Å². The Morgan fingerprint density at radius 3 is 2.02 bits per heavy atom. The van der Waals surface area contributed by atoms with Crippen LogP contribution < -0.4 is 5.32 Å². The number of nitrogens with one attached hydrogen (secondary N) is 1. The summed E-state index contributed by atoms with van der Waals surface area (Å²) in [5.74, 6) is 0.905. The van der Waals surface area contributed by atoms with Gasteiger partial charge < -0.3 is 14.3 Å². The van der Waals surface area contributed by atoms with E-state index in [1.54, 1.807) is 24.4 Å². The fraction of sp³-hybridized carbons (Fsp3) is 0.159. The zero-order valence-corrected chi connectivity index (χ0v) is 32.6. The smallest absolute Gasteiger partial charge is 0.270 e. The lowest BCUT2D eigenvalue weighted by Crippen LogP contribution is -2.39. The molecular weight excluding hydrogens is 774 g/mol. The quantitative estimate of drug-likeness (QED) is 0.123. The van der Waals surface area contributed by atoms with Crippen molar-refractivity contribution < 1.29 is 9.21 Å². The number of hydrogen-bond donors (Lipinski definition) is 1. The van der Waals surface area contributed by atoms with Crippen LogP contribution in [-0.2, 0) is 18.5 Å². The molecule has 0 bridgehead atoms. The first-order valence-electron chi connectivity index (χ1n) is 18.2. The van der Waals surface area contributed by atoms with Gasteiger partial charge in [0.15, 0.2) is 10.7 Å². The number of unbranched alkanes of at least 4 members (excludes halogenated alkanes) is 1. The third-order valence-corrected chi connectivity index (χ3v) is 11.2. The first-order chi connectivity index (χ1) is 27.0. The number of carbonyl (C=O) groups is 1. The molecule has 8 rings (SSSR count). The molecule has 0 saturated heterocycles. The van der Waals surface area contributed by atoms with E-state index in [1.165, 1.54) is 0 Å². The second-order valence-corrected chi connectivity index (χ2v) is 14.4. The van der Waals surface area contributed by atoms with E-state index in [9.17, 15) is 4.79 Å². The van der Waals surface area contributed by atoms with Gasteiger partial charge in [-0.05, 0) is 67.0 Å². The van der Waals surface area contributed by atoms with Crippen molar-refractivity contribution >= 4 is 33.4 Å². The van der Waals surface area contributed by atoms with Crippen LogP contribution in [0.25, 0.3) is 33.6 Å². The lowest BCUT2D eigenvalue weighted by atomic mass is 9.77. The zero-order valence-electron chi connectivity index (χ0n) is 30.3. The minimum Gasteiger partial charge on any atom is -0.472 e. The summed E-state index contributed by atoms with van der Waals surface area (Å²) in [6.07, 6.45) is 5.94. The number of tetrazole rings is 1. The molecule has 4 aromatic carbocycles. The average molecular weight is 811 g/mol. The lowest BCUT2D eigenvalue weighted by Gasteiger charge is -2.34. The van der Waals surface area contributed by atoms with E-state index in [0.29, 0.717) is 24.5 Å². The highest BCUT2D eigenvalue weighted by Gasteiger charge is 2.41. The van der Waals surface area contributed by atoms with E-state index in [-0.39, 0.29) is 11.1 Å². The van der Waals surface area contributed by atoms with Gasteiger partial charge in [-0.1, -0.05) is 140 Å². The zero-order chi connectivity index (χ0) is 37.9. The van der Waals surface area contributed by atoms with Crippen molar-refractivity contribution in [3.8, 4) is 33.6 Å². The van der Waals surface area contributed by atoms with Crippen LogP contribution in [0, 0.1) is 0 Å². The molecule has 2 aromatic heterocycles. The molecule has 1 amide bonds. The molecule has 0 atom stereocenters. The summed E-state index contributed by atoms with van der Waals surface area (Å²) >= 11 is 10.6.